The molecule has 0 aromatic heterocycles. The van der Waals surface area contributed by atoms with Crippen LogP contribution in [0.5, 0.6) is 11.5 Å². The fourth-order valence-corrected chi connectivity index (χ4v) is 7.18. The highest BCUT2D eigenvalue weighted by molar-refractivity contribution is 5.61. The second-order valence-electron chi connectivity index (χ2n) is 8.78. The van der Waals surface area contributed by atoms with Gasteiger partial charge in [0.15, 0.2) is 11.5 Å². The van der Waals surface area contributed by atoms with Gasteiger partial charge in [-0.3, -0.25) is 0 Å². The van der Waals surface area contributed by atoms with Crippen molar-refractivity contribution in [1.29, 1.82) is 0 Å². The van der Waals surface area contributed by atoms with Gasteiger partial charge in [-0.25, -0.2) is 0 Å². The molecule has 1 spiro atoms. The van der Waals surface area contributed by atoms with Crippen LogP contribution in [0, 0.1) is 29.6 Å². The lowest BCUT2D eigenvalue weighted by Gasteiger charge is -2.57. The van der Waals surface area contributed by atoms with Crippen molar-refractivity contribution in [3.05, 3.63) is 23.3 Å². The lowest BCUT2D eigenvalue weighted by atomic mass is 9.47. The van der Waals surface area contributed by atoms with Crippen molar-refractivity contribution < 1.29 is 14.6 Å². The molecule has 2 bridgehead atoms. The van der Waals surface area contributed by atoms with Crippen molar-refractivity contribution >= 4 is 0 Å². The van der Waals surface area contributed by atoms with Crippen LogP contribution in [0.1, 0.15) is 37.3 Å². The molecule has 1 aromatic carbocycles. The van der Waals surface area contributed by atoms with Crippen LogP contribution in [0.15, 0.2) is 12.1 Å². The second-order valence-corrected chi connectivity index (χ2v) is 8.78. The van der Waals surface area contributed by atoms with Gasteiger partial charge in [-0.1, -0.05) is 13.0 Å². The highest BCUT2D eigenvalue weighted by Gasteiger charge is 2.71. The van der Waals surface area contributed by atoms with E-state index in [2.05, 4.69) is 13.0 Å². The van der Waals surface area contributed by atoms with Crippen LogP contribution < -0.4 is 4.74 Å². The summed E-state index contributed by atoms with van der Waals surface area (Å²) >= 11 is 0. The van der Waals surface area contributed by atoms with Crippen molar-refractivity contribution in [2.24, 2.45) is 29.6 Å². The Labute approximate surface area is 137 Å². The molecular formula is C20H24O3. The Morgan fingerprint density at radius 3 is 2.96 bits per heavy atom. The monoisotopic (exact) mass is 312 g/mol. The van der Waals surface area contributed by atoms with Gasteiger partial charge in [0.1, 0.15) is 6.10 Å². The van der Waals surface area contributed by atoms with Gasteiger partial charge in [0.2, 0.25) is 0 Å². The molecule has 8 atom stereocenters. The first kappa shape index (κ1) is 13.1. The normalized spacial score (nSPS) is 50.8. The van der Waals surface area contributed by atoms with E-state index >= 15 is 0 Å². The summed E-state index contributed by atoms with van der Waals surface area (Å²) in [6.07, 6.45) is 5.33. The van der Waals surface area contributed by atoms with Crippen LogP contribution >= 0.6 is 0 Å². The quantitative estimate of drug-likeness (QED) is 0.865. The zero-order valence-corrected chi connectivity index (χ0v) is 13.8. The number of hydrogen-bond acceptors (Lipinski definition) is 3. The smallest absolute Gasteiger partial charge is 0.165 e. The summed E-state index contributed by atoms with van der Waals surface area (Å²) in [6.45, 7) is 2.32. The Bertz CT molecular complexity index is 713. The molecule has 3 fully saturated rings. The van der Waals surface area contributed by atoms with E-state index in [4.69, 9.17) is 9.47 Å². The number of fused-ring (bicyclic) bond motifs is 2. The first-order valence-electron chi connectivity index (χ1n) is 9.20. The summed E-state index contributed by atoms with van der Waals surface area (Å²) < 4.78 is 12.4. The van der Waals surface area contributed by atoms with Crippen molar-refractivity contribution in [2.45, 2.75) is 50.2 Å². The third-order valence-electron chi connectivity index (χ3n) is 7.96. The Balaban J connectivity index is 1.65. The zero-order chi connectivity index (χ0) is 15.5. The molecule has 3 heteroatoms. The molecule has 3 nitrogen and oxygen atoms in total. The van der Waals surface area contributed by atoms with Crippen molar-refractivity contribution in [1.82, 2.24) is 0 Å². The predicted molar refractivity (Wildman–Crippen MR) is 85.7 cm³/mol. The lowest BCUT2D eigenvalue weighted by molar-refractivity contribution is -0.127. The van der Waals surface area contributed by atoms with Crippen molar-refractivity contribution in [3.63, 3.8) is 0 Å². The number of phenolic OH excluding ortho intramolecular Hbond substituents is 1. The van der Waals surface area contributed by atoms with Gasteiger partial charge in [-0.05, 0) is 66.9 Å². The Morgan fingerprint density at radius 2 is 2.13 bits per heavy atom. The molecule has 3 saturated carbocycles. The summed E-state index contributed by atoms with van der Waals surface area (Å²) in [6, 6.07) is 4.00. The number of methoxy groups -OCH3 is 1. The van der Waals surface area contributed by atoms with Gasteiger partial charge < -0.3 is 14.6 Å². The highest BCUT2D eigenvalue weighted by atomic mass is 16.5. The molecule has 0 radical (unpaired) electrons. The van der Waals surface area contributed by atoms with Gasteiger partial charge >= 0.3 is 0 Å². The molecule has 1 aliphatic heterocycles. The zero-order valence-electron chi connectivity index (χ0n) is 13.8. The van der Waals surface area contributed by atoms with E-state index in [-0.39, 0.29) is 17.6 Å². The summed E-state index contributed by atoms with van der Waals surface area (Å²) in [5.41, 5.74) is 2.91. The highest BCUT2D eigenvalue weighted by Crippen LogP contribution is 2.73. The first-order valence-corrected chi connectivity index (χ1v) is 9.20. The molecule has 1 N–H and O–H groups in total. The molecule has 23 heavy (non-hydrogen) atoms. The Morgan fingerprint density at radius 1 is 1.26 bits per heavy atom. The van der Waals surface area contributed by atoms with Gasteiger partial charge in [0, 0.05) is 18.1 Å². The van der Waals surface area contributed by atoms with E-state index in [1.165, 1.54) is 36.8 Å². The second kappa shape index (κ2) is 3.88. The predicted octanol–water partition coefficient (Wildman–Crippen LogP) is 3.27. The van der Waals surface area contributed by atoms with Gasteiger partial charge in [0.05, 0.1) is 6.10 Å². The van der Waals surface area contributed by atoms with E-state index in [0.29, 0.717) is 17.6 Å². The van der Waals surface area contributed by atoms with Crippen LogP contribution in [0.2, 0.25) is 0 Å². The summed E-state index contributed by atoms with van der Waals surface area (Å²) in [4.78, 5) is 0. The number of hydrogen-bond donors (Lipinski definition) is 1. The average molecular weight is 312 g/mol. The molecule has 5 aliphatic rings. The first-order chi connectivity index (χ1) is 11.1. The molecule has 1 heterocycles. The van der Waals surface area contributed by atoms with E-state index in [1.807, 2.05) is 13.2 Å². The minimum absolute atomic E-state index is 0.0904. The molecule has 6 rings (SSSR count). The molecule has 0 saturated heterocycles. The molecule has 4 aliphatic carbocycles. The maximum absolute atomic E-state index is 10.4. The summed E-state index contributed by atoms with van der Waals surface area (Å²) in [5.74, 6) is 5.00. The van der Waals surface area contributed by atoms with Gasteiger partial charge in [-0.2, -0.15) is 0 Å². The maximum Gasteiger partial charge on any atom is 0.165 e. The lowest BCUT2D eigenvalue weighted by Crippen LogP contribution is -2.62. The Kier molecular flexibility index (Phi) is 2.21. The minimum Gasteiger partial charge on any atom is -0.504 e. The van der Waals surface area contributed by atoms with Gasteiger partial charge in [-0.15, -0.1) is 0 Å². The molecule has 122 valence electrons. The van der Waals surface area contributed by atoms with Crippen LogP contribution in [-0.2, 0) is 16.6 Å². The Hall–Kier alpha value is -1.22. The largest absolute Gasteiger partial charge is 0.504 e. The van der Waals surface area contributed by atoms with Crippen LogP contribution in [0.3, 0.4) is 0 Å². The molecule has 4 unspecified atom stereocenters. The minimum atomic E-state index is 0.0904. The third kappa shape index (κ3) is 1.31. The van der Waals surface area contributed by atoms with E-state index in [9.17, 15) is 5.11 Å². The number of phenols is 1. The summed E-state index contributed by atoms with van der Waals surface area (Å²) in [7, 11) is 1.83. The topological polar surface area (TPSA) is 38.7 Å². The van der Waals surface area contributed by atoms with E-state index in [1.54, 1.807) is 0 Å². The SMILES string of the molecule is COC1[C@H](C)CC2[C@H]3Cc4ccc(O)c5c4[C@@]2(CC2CC23)[C@H]1O5. The number of ether oxygens (including phenoxy) is 2. The van der Waals surface area contributed by atoms with Crippen molar-refractivity contribution in [3.8, 4) is 11.5 Å². The summed E-state index contributed by atoms with van der Waals surface area (Å²) in [5, 5.41) is 10.4. The molecular weight excluding hydrogens is 288 g/mol. The fraction of sp³-hybridized carbons (Fsp3) is 0.700. The van der Waals surface area contributed by atoms with Crippen LogP contribution in [0.25, 0.3) is 0 Å². The standard InChI is InChI=1S/C20H24O3/c1-9-5-14-13-6-10-3-4-15(21)18-16(10)20(14,8-11-7-12(11)13)19(23-18)17(9)22-2/h3-4,9,11-14,17,19,21H,5-8H2,1-2H3/t9-,11?,12?,13+,14?,17?,19+,20+/m1/s1. The number of benzene rings is 1. The van der Waals surface area contributed by atoms with Crippen molar-refractivity contribution in [2.75, 3.05) is 7.11 Å². The van der Waals surface area contributed by atoms with Crippen LogP contribution in [-0.4, -0.2) is 24.4 Å². The number of rotatable bonds is 1. The van der Waals surface area contributed by atoms with Crippen LogP contribution in [0.4, 0.5) is 0 Å². The third-order valence-corrected chi connectivity index (χ3v) is 7.96. The van der Waals surface area contributed by atoms with Gasteiger partial charge in [0.25, 0.3) is 0 Å². The number of aromatic hydroxyl groups is 1. The maximum atomic E-state index is 10.4. The average Bonchev–Trinajstić information content (AvgIpc) is 3.20. The van der Waals surface area contributed by atoms with E-state index in [0.717, 1.165) is 23.5 Å². The van der Waals surface area contributed by atoms with E-state index < -0.39 is 0 Å². The fourth-order valence-electron chi connectivity index (χ4n) is 7.18. The molecule has 0 amide bonds. The molecule has 1 aromatic rings.